The smallest absolute Gasteiger partial charge is 0.106 e. The second-order valence-corrected chi connectivity index (χ2v) is 3.03. The molecule has 3 nitrogen and oxygen atoms in total. The molecule has 3 heteroatoms. The molecule has 0 radical (unpaired) electrons. The summed E-state index contributed by atoms with van der Waals surface area (Å²) in [6.45, 7) is 0. The SMILES string of the molecule is CO/N=C/[C@@H](O)CCc1ccccc1. The van der Waals surface area contributed by atoms with E-state index in [1.807, 2.05) is 30.3 Å². The van der Waals surface area contributed by atoms with E-state index in [1.54, 1.807) is 0 Å². The third-order valence-electron chi connectivity index (χ3n) is 1.91. The van der Waals surface area contributed by atoms with E-state index in [9.17, 15) is 5.11 Å². The van der Waals surface area contributed by atoms with Crippen LogP contribution in [0, 0.1) is 0 Å². The maximum Gasteiger partial charge on any atom is 0.106 e. The monoisotopic (exact) mass is 193 g/mol. The van der Waals surface area contributed by atoms with E-state index in [0.717, 1.165) is 6.42 Å². The van der Waals surface area contributed by atoms with Crippen molar-refractivity contribution >= 4 is 6.21 Å². The van der Waals surface area contributed by atoms with E-state index in [-0.39, 0.29) is 0 Å². The average molecular weight is 193 g/mol. The first kappa shape index (κ1) is 10.7. The molecule has 0 aliphatic rings. The average Bonchev–Trinajstić information content (AvgIpc) is 2.25. The molecule has 0 fully saturated rings. The Morgan fingerprint density at radius 1 is 1.43 bits per heavy atom. The van der Waals surface area contributed by atoms with Gasteiger partial charge in [0.05, 0.1) is 12.3 Å². The van der Waals surface area contributed by atoms with Crippen molar-refractivity contribution < 1.29 is 9.94 Å². The molecule has 0 aliphatic carbocycles. The van der Waals surface area contributed by atoms with Crippen LogP contribution in [0.2, 0.25) is 0 Å². The number of rotatable bonds is 5. The lowest BCUT2D eigenvalue weighted by Gasteiger charge is -2.03. The van der Waals surface area contributed by atoms with Gasteiger partial charge in [-0.25, -0.2) is 0 Å². The van der Waals surface area contributed by atoms with Crippen molar-refractivity contribution in [3.05, 3.63) is 35.9 Å². The van der Waals surface area contributed by atoms with Crippen molar-refractivity contribution in [2.45, 2.75) is 18.9 Å². The molecule has 0 unspecified atom stereocenters. The van der Waals surface area contributed by atoms with Gasteiger partial charge in [-0.15, -0.1) is 0 Å². The molecule has 1 aromatic carbocycles. The van der Waals surface area contributed by atoms with Crippen LogP contribution in [0.4, 0.5) is 0 Å². The molecule has 1 atom stereocenters. The van der Waals surface area contributed by atoms with E-state index in [1.165, 1.54) is 18.9 Å². The molecule has 0 heterocycles. The summed E-state index contributed by atoms with van der Waals surface area (Å²) in [5.41, 5.74) is 1.22. The Labute approximate surface area is 84.0 Å². The predicted molar refractivity (Wildman–Crippen MR) is 56.3 cm³/mol. The number of aliphatic hydroxyl groups excluding tert-OH is 1. The zero-order valence-corrected chi connectivity index (χ0v) is 8.26. The fourth-order valence-electron chi connectivity index (χ4n) is 1.16. The van der Waals surface area contributed by atoms with Gasteiger partial charge in [-0.05, 0) is 18.4 Å². The van der Waals surface area contributed by atoms with Gasteiger partial charge in [-0.2, -0.15) is 0 Å². The molecule has 0 aromatic heterocycles. The van der Waals surface area contributed by atoms with Crippen molar-refractivity contribution in [1.29, 1.82) is 0 Å². The van der Waals surface area contributed by atoms with Gasteiger partial charge in [0.15, 0.2) is 0 Å². The lowest BCUT2D eigenvalue weighted by Crippen LogP contribution is -2.09. The van der Waals surface area contributed by atoms with Gasteiger partial charge in [-0.3, -0.25) is 0 Å². The highest BCUT2D eigenvalue weighted by Gasteiger charge is 2.00. The van der Waals surface area contributed by atoms with E-state index in [4.69, 9.17) is 0 Å². The van der Waals surface area contributed by atoms with Crippen molar-refractivity contribution in [2.75, 3.05) is 7.11 Å². The van der Waals surface area contributed by atoms with Gasteiger partial charge in [0.1, 0.15) is 7.11 Å². The Kier molecular flexibility index (Phi) is 4.72. The zero-order valence-electron chi connectivity index (χ0n) is 8.26. The van der Waals surface area contributed by atoms with E-state index in [2.05, 4.69) is 9.99 Å². The molecular formula is C11H15NO2. The van der Waals surface area contributed by atoms with E-state index < -0.39 is 6.10 Å². The quantitative estimate of drug-likeness (QED) is 0.570. The van der Waals surface area contributed by atoms with Crippen LogP contribution < -0.4 is 0 Å². The molecule has 1 N–H and O–H groups in total. The molecule has 0 amide bonds. The van der Waals surface area contributed by atoms with Gasteiger partial charge in [0.25, 0.3) is 0 Å². The first-order chi connectivity index (χ1) is 6.83. The molecule has 0 bridgehead atoms. The Morgan fingerprint density at radius 2 is 2.14 bits per heavy atom. The lowest BCUT2D eigenvalue weighted by molar-refractivity contribution is 0.196. The molecule has 1 rings (SSSR count). The standard InChI is InChI=1S/C11H15NO2/c1-14-12-9-11(13)8-7-10-5-3-2-4-6-10/h2-6,9,11,13H,7-8H2,1H3/b12-9+/t11-/m0/s1. The fourth-order valence-corrected chi connectivity index (χ4v) is 1.16. The maximum absolute atomic E-state index is 9.41. The normalized spacial score (nSPS) is 13.0. The Balaban J connectivity index is 2.30. The Morgan fingerprint density at radius 3 is 2.79 bits per heavy atom. The summed E-state index contributed by atoms with van der Waals surface area (Å²) in [5, 5.41) is 12.9. The summed E-state index contributed by atoms with van der Waals surface area (Å²) < 4.78 is 0. The van der Waals surface area contributed by atoms with Crippen LogP contribution in [0.15, 0.2) is 35.5 Å². The van der Waals surface area contributed by atoms with Crippen molar-refractivity contribution in [1.82, 2.24) is 0 Å². The largest absolute Gasteiger partial charge is 0.399 e. The van der Waals surface area contributed by atoms with E-state index in [0.29, 0.717) is 6.42 Å². The Bertz CT molecular complexity index is 272. The van der Waals surface area contributed by atoms with Crippen LogP contribution in [0.5, 0.6) is 0 Å². The summed E-state index contributed by atoms with van der Waals surface area (Å²) >= 11 is 0. The fraction of sp³-hybridized carbons (Fsp3) is 0.364. The highest BCUT2D eigenvalue weighted by Crippen LogP contribution is 2.03. The minimum atomic E-state index is -0.532. The molecular weight excluding hydrogens is 178 g/mol. The number of hydrogen-bond donors (Lipinski definition) is 1. The zero-order chi connectivity index (χ0) is 10.2. The van der Waals surface area contributed by atoms with Crippen LogP contribution >= 0.6 is 0 Å². The number of oxime groups is 1. The van der Waals surface area contributed by atoms with Gasteiger partial charge in [0, 0.05) is 0 Å². The van der Waals surface area contributed by atoms with Gasteiger partial charge < -0.3 is 9.94 Å². The summed E-state index contributed by atoms with van der Waals surface area (Å²) in [6, 6.07) is 10.0. The van der Waals surface area contributed by atoms with Crippen molar-refractivity contribution in [3.8, 4) is 0 Å². The van der Waals surface area contributed by atoms with Crippen LogP contribution in [0.25, 0.3) is 0 Å². The molecule has 1 aromatic rings. The molecule has 14 heavy (non-hydrogen) atoms. The third-order valence-corrected chi connectivity index (χ3v) is 1.91. The predicted octanol–water partition coefficient (Wildman–Crippen LogP) is 1.61. The first-order valence-corrected chi connectivity index (χ1v) is 4.61. The number of benzene rings is 1. The summed E-state index contributed by atoms with van der Waals surface area (Å²) in [5.74, 6) is 0. The summed E-state index contributed by atoms with van der Waals surface area (Å²) in [4.78, 5) is 4.47. The minimum Gasteiger partial charge on any atom is -0.399 e. The molecule has 0 spiro atoms. The first-order valence-electron chi connectivity index (χ1n) is 4.61. The number of hydrogen-bond acceptors (Lipinski definition) is 3. The summed E-state index contributed by atoms with van der Waals surface area (Å²) in [7, 11) is 1.46. The number of aliphatic hydroxyl groups is 1. The molecule has 0 aliphatic heterocycles. The second-order valence-electron chi connectivity index (χ2n) is 3.03. The lowest BCUT2D eigenvalue weighted by atomic mass is 10.1. The molecule has 76 valence electrons. The maximum atomic E-state index is 9.41. The van der Waals surface area contributed by atoms with Crippen LogP contribution in [0.1, 0.15) is 12.0 Å². The molecule has 0 saturated heterocycles. The highest BCUT2D eigenvalue weighted by molar-refractivity contribution is 5.61. The molecule has 0 saturated carbocycles. The Hall–Kier alpha value is -1.35. The minimum absolute atomic E-state index is 0.532. The summed E-state index contributed by atoms with van der Waals surface area (Å²) in [6.07, 6.45) is 2.38. The van der Waals surface area contributed by atoms with Crippen LogP contribution in [-0.4, -0.2) is 24.5 Å². The highest BCUT2D eigenvalue weighted by atomic mass is 16.6. The number of aryl methyl sites for hydroxylation is 1. The van der Waals surface area contributed by atoms with Gasteiger partial charge in [0.2, 0.25) is 0 Å². The van der Waals surface area contributed by atoms with Gasteiger partial charge >= 0.3 is 0 Å². The topological polar surface area (TPSA) is 41.8 Å². The van der Waals surface area contributed by atoms with E-state index >= 15 is 0 Å². The van der Waals surface area contributed by atoms with Crippen molar-refractivity contribution in [2.24, 2.45) is 5.16 Å². The number of nitrogens with zero attached hydrogens (tertiary/aromatic N) is 1. The van der Waals surface area contributed by atoms with Crippen molar-refractivity contribution in [3.63, 3.8) is 0 Å². The van der Waals surface area contributed by atoms with Gasteiger partial charge in [-0.1, -0.05) is 35.5 Å². The van der Waals surface area contributed by atoms with Crippen LogP contribution in [0.3, 0.4) is 0 Å². The van der Waals surface area contributed by atoms with Crippen LogP contribution in [-0.2, 0) is 11.3 Å². The second kappa shape index (κ2) is 6.16. The third kappa shape index (κ3) is 4.05.